The first-order valence-corrected chi connectivity index (χ1v) is 10.1. The summed E-state index contributed by atoms with van der Waals surface area (Å²) in [6, 6.07) is 4.76. The molecular weight excluding hydrogens is 422 g/mol. The topological polar surface area (TPSA) is 116 Å². The molecule has 31 heavy (non-hydrogen) atoms. The van der Waals surface area contributed by atoms with E-state index in [1.807, 2.05) is 13.0 Å². The second-order valence-corrected chi connectivity index (χ2v) is 7.71. The molecule has 1 aromatic carbocycles. The van der Waals surface area contributed by atoms with Crippen LogP contribution in [0.4, 0.5) is 16.7 Å². The number of carbonyl (C=O) groups excluding carboxylic acids is 1. The van der Waals surface area contributed by atoms with Crippen molar-refractivity contribution in [1.82, 2.24) is 24.8 Å². The number of aryl methyl sites for hydroxylation is 1. The number of nitrogens with one attached hydrogen (secondary N) is 2. The van der Waals surface area contributed by atoms with Gasteiger partial charge in [0.1, 0.15) is 16.6 Å². The number of H-pyrrole nitrogens is 1. The molecule has 4 rings (SSSR count). The number of pyridine rings is 1. The molecule has 1 aliphatic rings. The molecule has 1 aliphatic heterocycles. The van der Waals surface area contributed by atoms with Crippen LogP contribution in [0.2, 0.25) is 5.02 Å². The summed E-state index contributed by atoms with van der Waals surface area (Å²) >= 11 is 6.32. The maximum absolute atomic E-state index is 12.7. The highest BCUT2D eigenvalue weighted by Crippen LogP contribution is 2.31. The van der Waals surface area contributed by atoms with Gasteiger partial charge in [-0.2, -0.15) is 15.0 Å². The number of fused-ring (bicyclic) bond motifs is 1. The number of hydrogen-bond acceptors (Lipinski definition) is 7. The Morgan fingerprint density at radius 2 is 2.00 bits per heavy atom. The van der Waals surface area contributed by atoms with Gasteiger partial charge in [-0.15, -0.1) is 0 Å². The number of benzene rings is 1. The maximum atomic E-state index is 12.7. The van der Waals surface area contributed by atoms with Crippen molar-refractivity contribution < 1.29 is 9.53 Å². The van der Waals surface area contributed by atoms with E-state index in [4.69, 9.17) is 16.3 Å². The van der Waals surface area contributed by atoms with Crippen LogP contribution in [-0.4, -0.2) is 58.1 Å². The molecule has 0 radical (unpaired) electrons. The number of urea groups is 1. The number of ether oxygens (including phenoxy) is 1. The quantitative estimate of drug-likeness (QED) is 0.622. The van der Waals surface area contributed by atoms with Crippen molar-refractivity contribution in [3.05, 3.63) is 45.0 Å². The van der Waals surface area contributed by atoms with E-state index in [0.717, 1.165) is 5.39 Å². The van der Waals surface area contributed by atoms with Crippen LogP contribution in [0.3, 0.4) is 0 Å². The number of rotatable bonds is 5. The molecule has 0 saturated carbocycles. The van der Waals surface area contributed by atoms with Gasteiger partial charge in [-0.05, 0) is 32.0 Å². The molecule has 0 bridgehead atoms. The van der Waals surface area contributed by atoms with Crippen molar-refractivity contribution in [2.24, 2.45) is 0 Å². The summed E-state index contributed by atoms with van der Waals surface area (Å²) in [7, 11) is 3.25. The zero-order valence-corrected chi connectivity index (χ0v) is 18.3. The maximum Gasteiger partial charge on any atom is 0.326 e. The van der Waals surface area contributed by atoms with E-state index >= 15 is 0 Å². The molecule has 1 saturated heterocycles. The van der Waals surface area contributed by atoms with Gasteiger partial charge in [0.25, 0.3) is 5.56 Å². The standard InChI is InChI=1S/C20H22ClN7O3/c1-10(13-9-12-5-6-14(31-4)15(21)16(12)25-17(13)29)22-18-23-11(2)24-19(26-18)28-8-7-27(3)20(28)30/h5-6,9-10H,7-8H2,1-4H3,(H,25,29)(H,22,23,24,26)/t10-/m0/s1. The lowest BCUT2D eigenvalue weighted by molar-refractivity contribution is 0.229. The molecule has 1 atom stereocenters. The zero-order valence-electron chi connectivity index (χ0n) is 17.6. The van der Waals surface area contributed by atoms with Gasteiger partial charge in [0.2, 0.25) is 11.9 Å². The van der Waals surface area contributed by atoms with Crippen LogP contribution in [0.15, 0.2) is 23.0 Å². The Balaban J connectivity index is 1.65. The Morgan fingerprint density at radius 1 is 1.23 bits per heavy atom. The second-order valence-electron chi connectivity index (χ2n) is 7.33. The van der Waals surface area contributed by atoms with Crippen molar-refractivity contribution >= 4 is 40.4 Å². The van der Waals surface area contributed by atoms with Crippen LogP contribution >= 0.6 is 11.6 Å². The third-order valence-corrected chi connectivity index (χ3v) is 5.55. The van der Waals surface area contributed by atoms with E-state index < -0.39 is 6.04 Å². The lowest BCUT2D eigenvalue weighted by Gasteiger charge is -2.18. The highest BCUT2D eigenvalue weighted by molar-refractivity contribution is 6.36. The number of hydrogen-bond donors (Lipinski definition) is 2. The predicted octanol–water partition coefficient (Wildman–Crippen LogP) is 2.73. The lowest BCUT2D eigenvalue weighted by Crippen LogP contribution is -2.31. The van der Waals surface area contributed by atoms with Crippen LogP contribution in [0, 0.1) is 6.92 Å². The van der Waals surface area contributed by atoms with Crippen LogP contribution in [0.25, 0.3) is 10.9 Å². The third kappa shape index (κ3) is 3.86. The van der Waals surface area contributed by atoms with Gasteiger partial charge in [-0.1, -0.05) is 11.6 Å². The number of carbonyl (C=O) groups is 1. The average Bonchev–Trinajstić information content (AvgIpc) is 3.06. The number of amides is 2. The van der Waals surface area contributed by atoms with Gasteiger partial charge in [0.05, 0.1) is 18.7 Å². The van der Waals surface area contributed by atoms with Crippen molar-refractivity contribution in [3.63, 3.8) is 0 Å². The molecule has 11 heteroatoms. The summed E-state index contributed by atoms with van der Waals surface area (Å²) in [5.41, 5.74) is 0.715. The minimum Gasteiger partial charge on any atom is -0.495 e. The number of aromatic amines is 1. The normalized spacial score (nSPS) is 14.9. The first-order chi connectivity index (χ1) is 14.8. The number of nitrogens with zero attached hydrogens (tertiary/aromatic N) is 5. The fourth-order valence-corrected chi connectivity index (χ4v) is 3.77. The molecule has 162 valence electrons. The summed E-state index contributed by atoms with van der Waals surface area (Å²) in [6.45, 7) is 4.66. The largest absolute Gasteiger partial charge is 0.495 e. The fraction of sp³-hybridized carbons (Fsp3) is 0.350. The number of likely N-dealkylation sites (N-methyl/N-ethyl adjacent to an activating group) is 1. The highest BCUT2D eigenvalue weighted by Gasteiger charge is 2.29. The summed E-state index contributed by atoms with van der Waals surface area (Å²) in [6.07, 6.45) is 0. The summed E-state index contributed by atoms with van der Waals surface area (Å²) in [4.78, 5) is 43.9. The van der Waals surface area contributed by atoms with E-state index in [0.29, 0.717) is 40.8 Å². The zero-order chi connectivity index (χ0) is 22.3. The number of halogens is 1. The molecule has 0 unspecified atom stereocenters. The lowest BCUT2D eigenvalue weighted by atomic mass is 10.1. The fourth-order valence-electron chi connectivity index (χ4n) is 3.47. The average molecular weight is 444 g/mol. The van der Waals surface area contributed by atoms with E-state index in [9.17, 15) is 9.59 Å². The van der Waals surface area contributed by atoms with E-state index in [-0.39, 0.29) is 23.5 Å². The van der Waals surface area contributed by atoms with Crippen molar-refractivity contribution in [1.29, 1.82) is 0 Å². The van der Waals surface area contributed by atoms with Crippen LogP contribution in [-0.2, 0) is 0 Å². The van der Waals surface area contributed by atoms with Gasteiger partial charge in [0, 0.05) is 31.1 Å². The molecule has 10 nitrogen and oxygen atoms in total. The summed E-state index contributed by atoms with van der Waals surface area (Å²) in [5.74, 6) is 1.51. The minimum absolute atomic E-state index is 0.164. The Kier molecular flexibility index (Phi) is 5.40. The van der Waals surface area contributed by atoms with Crippen LogP contribution in [0.5, 0.6) is 5.75 Å². The second kappa shape index (κ2) is 8.03. The van der Waals surface area contributed by atoms with Crippen LogP contribution in [0.1, 0.15) is 24.4 Å². The van der Waals surface area contributed by atoms with Gasteiger partial charge in [-0.25, -0.2) is 4.79 Å². The Bertz CT molecular complexity index is 1230. The molecule has 0 spiro atoms. The molecule has 2 amide bonds. The first kappa shape index (κ1) is 20.9. The number of aromatic nitrogens is 4. The molecule has 3 heterocycles. The van der Waals surface area contributed by atoms with Gasteiger partial charge in [-0.3, -0.25) is 9.69 Å². The highest BCUT2D eigenvalue weighted by atomic mass is 35.5. The minimum atomic E-state index is -0.416. The van der Waals surface area contributed by atoms with Gasteiger partial charge in [0.15, 0.2) is 0 Å². The smallest absolute Gasteiger partial charge is 0.326 e. The van der Waals surface area contributed by atoms with Gasteiger partial charge >= 0.3 is 6.03 Å². The third-order valence-electron chi connectivity index (χ3n) is 5.18. The van der Waals surface area contributed by atoms with E-state index in [1.54, 1.807) is 31.0 Å². The Labute approximate surface area is 183 Å². The predicted molar refractivity (Wildman–Crippen MR) is 118 cm³/mol. The Hall–Kier alpha value is -3.40. The van der Waals surface area contributed by atoms with E-state index in [1.165, 1.54) is 12.0 Å². The van der Waals surface area contributed by atoms with Gasteiger partial charge < -0.3 is 19.9 Å². The molecule has 2 aromatic heterocycles. The first-order valence-electron chi connectivity index (χ1n) is 9.69. The molecule has 1 fully saturated rings. The molecular formula is C20H22ClN7O3. The van der Waals surface area contributed by atoms with Crippen LogP contribution < -0.4 is 20.5 Å². The van der Waals surface area contributed by atoms with Crippen molar-refractivity contribution in [2.75, 3.05) is 37.5 Å². The Morgan fingerprint density at radius 3 is 2.68 bits per heavy atom. The number of anilines is 2. The molecule has 0 aliphatic carbocycles. The monoisotopic (exact) mass is 443 g/mol. The summed E-state index contributed by atoms with van der Waals surface area (Å²) in [5, 5.41) is 4.26. The summed E-state index contributed by atoms with van der Waals surface area (Å²) < 4.78 is 5.21. The molecule has 2 N–H and O–H groups in total. The number of methoxy groups -OCH3 is 1. The molecule has 3 aromatic rings. The van der Waals surface area contributed by atoms with Crippen molar-refractivity contribution in [3.8, 4) is 5.75 Å². The van der Waals surface area contributed by atoms with Crippen molar-refractivity contribution in [2.45, 2.75) is 19.9 Å². The van der Waals surface area contributed by atoms with E-state index in [2.05, 4.69) is 25.3 Å². The SMILES string of the molecule is COc1ccc2cc([C@H](C)Nc3nc(C)nc(N4CCN(C)C4=O)n3)c(=O)[nH]c2c1Cl.